The summed E-state index contributed by atoms with van der Waals surface area (Å²) in [7, 11) is -4.08. The maximum atomic E-state index is 13.1. The Kier molecular flexibility index (Phi) is 7.38. The zero-order chi connectivity index (χ0) is 24.2. The van der Waals surface area contributed by atoms with Gasteiger partial charge < -0.3 is 14.4 Å². The lowest BCUT2D eigenvalue weighted by atomic mass is 10.1. The van der Waals surface area contributed by atoms with Gasteiger partial charge >= 0.3 is 16.1 Å². The van der Waals surface area contributed by atoms with Crippen LogP contribution in [0.15, 0.2) is 71.6 Å². The van der Waals surface area contributed by atoms with Gasteiger partial charge in [0.15, 0.2) is 0 Å². The summed E-state index contributed by atoms with van der Waals surface area (Å²) in [5, 5.41) is 2.96. The van der Waals surface area contributed by atoms with E-state index in [2.05, 4.69) is 5.32 Å². The van der Waals surface area contributed by atoms with Crippen LogP contribution in [0.25, 0.3) is 0 Å². The third-order valence-electron chi connectivity index (χ3n) is 5.09. The molecule has 0 spiro atoms. The van der Waals surface area contributed by atoms with E-state index in [-0.39, 0.29) is 22.7 Å². The molecule has 0 aromatic heterocycles. The SMILES string of the molecule is Cc1ccc(NC(=O)N(Cc2ccc(OS(=O)(=O)c3ccc(F)cc3)cc2)C(C)C)c(C)c1. The Labute approximate surface area is 194 Å². The largest absolute Gasteiger partial charge is 0.379 e. The molecule has 6 nitrogen and oxygen atoms in total. The summed E-state index contributed by atoms with van der Waals surface area (Å²) >= 11 is 0. The number of rotatable bonds is 7. The first kappa shape index (κ1) is 24.3. The van der Waals surface area contributed by atoms with E-state index >= 15 is 0 Å². The van der Waals surface area contributed by atoms with E-state index in [1.807, 2.05) is 45.9 Å². The van der Waals surface area contributed by atoms with Crippen LogP contribution in [-0.4, -0.2) is 25.4 Å². The van der Waals surface area contributed by atoms with Crippen molar-refractivity contribution in [3.05, 3.63) is 89.2 Å². The van der Waals surface area contributed by atoms with Gasteiger partial charge in [-0.3, -0.25) is 0 Å². The molecule has 8 heteroatoms. The fraction of sp³-hybridized carbons (Fsp3) is 0.240. The number of hydrogen-bond acceptors (Lipinski definition) is 4. The predicted octanol–water partition coefficient (Wildman–Crippen LogP) is 5.65. The maximum absolute atomic E-state index is 13.1. The van der Waals surface area contributed by atoms with E-state index in [0.29, 0.717) is 6.54 Å². The summed E-state index contributed by atoms with van der Waals surface area (Å²) in [5.41, 5.74) is 3.67. The molecule has 0 saturated heterocycles. The fourth-order valence-corrected chi connectivity index (χ4v) is 4.18. The maximum Gasteiger partial charge on any atom is 0.339 e. The Bertz CT molecular complexity index is 1220. The predicted molar refractivity (Wildman–Crippen MR) is 126 cm³/mol. The van der Waals surface area contributed by atoms with Crippen LogP contribution < -0.4 is 9.50 Å². The first-order valence-corrected chi connectivity index (χ1v) is 11.9. The molecule has 0 radical (unpaired) electrons. The number of halogens is 1. The second kappa shape index (κ2) is 10.0. The van der Waals surface area contributed by atoms with Gasteiger partial charge in [-0.2, -0.15) is 8.42 Å². The summed E-state index contributed by atoms with van der Waals surface area (Å²) in [6.45, 7) is 8.13. The van der Waals surface area contributed by atoms with Gasteiger partial charge in [-0.15, -0.1) is 0 Å². The molecule has 0 aliphatic rings. The smallest absolute Gasteiger partial charge is 0.339 e. The fourth-order valence-electron chi connectivity index (χ4n) is 3.25. The highest BCUT2D eigenvalue weighted by molar-refractivity contribution is 7.87. The third kappa shape index (κ3) is 6.32. The molecular formula is C25H27FN2O4S. The highest BCUT2D eigenvalue weighted by Crippen LogP contribution is 2.22. The zero-order valence-electron chi connectivity index (χ0n) is 19.0. The van der Waals surface area contributed by atoms with E-state index in [4.69, 9.17) is 4.18 Å². The molecule has 3 rings (SSSR count). The molecule has 0 atom stereocenters. The van der Waals surface area contributed by atoms with Gasteiger partial charge in [0, 0.05) is 18.3 Å². The van der Waals surface area contributed by atoms with Gasteiger partial charge in [-0.25, -0.2) is 9.18 Å². The van der Waals surface area contributed by atoms with Crippen molar-refractivity contribution in [2.75, 3.05) is 5.32 Å². The standard InChI is InChI=1S/C25H27FN2O4S/c1-17(2)28(25(29)27-24-14-5-18(3)15-19(24)4)16-20-6-10-22(11-7-20)32-33(30,31)23-12-8-21(26)9-13-23/h5-15,17H,16H2,1-4H3,(H,27,29). The van der Waals surface area contributed by atoms with Crippen LogP contribution in [0, 0.1) is 19.7 Å². The first-order valence-electron chi connectivity index (χ1n) is 10.5. The molecule has 0 fully saturated rings. The summed E-state index contributed by atoms with van der Waals surface area (Å²) in [6.07, 6.45) is 0. The van der Waals surface area contributed by atoms with Crippen molar-refractivity contribution in [1.82, 2.24) is 4.90 Å². The van der Waals surface area contributed by atoms with Gasteiger partial charge in [0.2, 0.25) is 0 Å². The number of carbonyl (C=O) groups is 1. The zero-order valence-corrected chi connectivity index (χ0v) is 19.8. The molecule has 0 saturated carbocycles. The number of nitrogens with zero attached hydrogens (tertiary/aromatic N) is 1. The van der Waals surface area contributed by atoms with E-state index in [0.717, 1.165) is 46.6 Å². The summed E-state index contributed by atoms with van der Waals surface area (Å²) < 4.78 is 42.9. The molecule has 33 heavy (non-hydrogen) atoms. The quantitative estimate of drug-likeness (QED) is 0.453. The number of amides is 2. The monoisotopic (exact) mass is 470 g/mol. The normalized spacial score (nSPS) is 11.3. The number of benzene rings is 3. The average molecular weight is 471 g/mol. The summed E-state index contributed by atoms with van der Waals surface area (Å²) in [6, 6.07) is 16.4. The summed E-state index contributed by atoms with van der Waals surface area (Å²) in [4.78, 5) is 14.5. The molecule has 0 unspecified atom stereocenters. The van der Waals surface area contributed by atoms with Crippen LogP contribution >= 0.6 is 0 Å². The van der Waals surface area contributed by atoms with Crippen molar-refractivity contribution in [3.63, 3.8) is 0 Å². The Morgan fingerprint density at radius 2 is 1.64 bits per heavy atom. The Hall–Kier alpha value is -3.39. The molecule has 3 aromatic rings. The average Bonchev–Trinajstić information content (AvgIpc) is 2.75. The number of aryl methyl sites for hydroxylation is 2. The second-order valence-corrected chi connectivity index (χ2v) is 9.65. The first-order chi connectivity index (χ1) is 15.5. The van der Waals surface area contributed by atoms with E-state index in [1.165, 1.54) is 12.1 Å². The number of nitrogens with one attached hydrogen (secondary N) is 1. The van der Waals surface area contributed by atoms with Gasteiger partial charge in [0.05, 0.1) is 0 Å². The molecule has 174 valence electrons. The van der Waals surface area contributed by atoms with E-state index < -0.39 is 15.9 Å². The van der Waals surface area contributed by atoms with Crippen LogP contribution in [0.2, 0.25) is 0 Å². The molecule has 2 amide bonds. The lowest BCUT2D eigenvalue weighted by Crippen LogP contribution is -2.39. The lowest BCUT2D eigenvalue weighted by molar-refractivity contribution is 0.193. The minimum absolute atomic E-state index is 0.0643. The van der Waals surface area contributed by atoms with Crippen molar-refractivity contribution < 1.29 is 21.8 Å². The van der Waals surface area contributed by atoms with Gasteiger partial charge in [0.1, 0.15) is 16.5 Å². The number of urea groups is 1. The number of carbonyl (C=O) groups excluding carboxylic acids is 1. The van der Waals surface area contributed by atoms with Crippen molar-refractivity contribution in [2.45, 2.75) is 45.2 Å². The third-order valence-corrected chi connectivity index (χ3v) is 6.35. The molecule has 1 N–H and O–H groups in total. The van der Waals surface area contributed by atoms with Gasteiger partial charge in [-0.05, 0) is 81.3 Å². The Morgan fingerprint density at radius 1 is 1.00 bits per heavy atom. The Morgan fingerprint density at radius 3 is 2.21 bits per heavy atom. The highest BCUT2D eigenvalue weighted by Gasteiger charge is 2.19. The topological polar surface area (TPSA) is 75.7 Å². The summed E-state index contributed by atoms with van der Waals surface area (Å²) in [5.74, 6) is -0.409. The minimum Gasteiger partial charge on any atom is -0.379 e. The van der Waals surface area contributed by atoms with Crippen molar-refractivity contribution >= 4 is 21.8 Å². The minimum atomic E-state index is -4.08. The van der Waals surface area contributed by atoms with Crippen LogP contribution in [0.1, 0.15) is 30.5 Å². The lowest BCUT2D eigenvalue weighted by Gasteiger charge is -2.27. The van der Waals surface area contributed by atoms with Crippen LogP contribution in [0.3, 0.4) is 0 Å². The van der Waals surface area contributed by atoms with E-state index in [1.54, 1.807) is 17.0 Å². The number of anilines is 1. The Balaban J connectivity index is 1.69. The molecule has 0 aliphatic carbocycles. The van der Waals surface area contributed by atoms with Crippen LogP contribution in [-0.2, 0) is 16.7 Å². The van der Waals surface area contributed by atoms with Crippen LogP contribution in [0.4, 0.5) is 14.9 Å². The molecule has 0 aliphatic heterocycles. The second-order valence-electron chi connectivity index (χ2n) is 8.11. The molecule has 0 bridgehead atoms. The number of hydrogen-bond donors (Lipinski definition) is 1. The molecule has 3 aromatic carbocycles. The van der Waals surface area contributed by atoms with Crippen LogP contribution in [0.5, 0.6) is 5.75 Å². The van der Waals surface area contributed by atoms with E-state index in [9.17, 15) is 17.6 Å². The van der Waals surface area contributed by atoms with Crippen molar-refractivity contribution in [2.24, 2.45) is 0 Å². The highest BCUT2D eigenvalue weighted by atomic mass is 32.2. The molecular weight excluding hydrogens is 443 g/mol. The van der Waals surface area contributed by atoms with Crippen molar-refractivity contribution in [3.8, 4) is 5.75 Å². The van der Waals surface area contributed by atoms with Gasteiger partial charge in [-0.1, -0.05) is 29.8 Å². The molecule has 0 heterocycles. The van der Waals surface area contributed by atoms with Crippen molar-refractivity contribution in [1.29, 1.82) is 0 Å². The van der Waals surface area contributed by atoms with Gasteiger partial charge in [0.25, 0.3) is 0 Å².